The van der Waals surface area contributed by atoms with Crippen molar-refractivity contribution in [2.45, 2.75) is 6.42 Å². The summed E-state index contributed by atoms with van der Waals surface area (Å²) in [5.74, 6) is 0.850. The second-order valence-corrected chi connectivity index (χ2v) is 5.34. The zero-order chi connectivity index (χ0) is 17.8. The van der Waals surface area contributed by atoms with E-state index in [-0.39, 0.29) is 17.9 Å². The number of aromatic amines is 1. The van der Waals surface area contributed by atoms with Crippen molar-refractivity contribution in [1.29, 1.82) is 0 Å². The fraction of sp³-hybridized carbons (Fsp3) is 0.167. The van der Waals surface area contributed by atoms with Gasteiger partial charge in [0.2, 0.25) is 5.91 Å². The molecule has 0 unspecified atom stereocenters. The Hall–Kier alpha value is -3.35. The largest absolute Gasteiger partial charge is 0.497 e. The van der Waals surface area contributed by atoms with Crippen LogP contribution in [0.5, 0.6) is 11.5 Å². The molecule has 0 aliphatic heterocycles. The van der Waals surface area contributed by atoms with Gasteiger partial charge >= 0.3 is 0 Å². The molecule has 0 saturated carbocycles. The summed E-state index contributed by atoms with van der Waals surface area (Å²) in [4.78, 5) is 24.2. The van der Waals surface area contributed by atoms with Crippen LogP contribution in [0.3, 0.4) is 0 Å². The van der Waals surface area contributed by atoms with E-state index >= 15 is 0 Å². The fourth-order valence-corrected chi connectivity index (χ4v) is 2.55. The number of H-pyrrole nitrogens is 1. The van der Waals surface area contributed by atoms with Crippen molar-refractivity contribution in [3.8, 4) is 11.5 Å². The quantitative estimate of drug-likeness (QED) is 0.743. The zero-order valence-corrected chi connectivity index (χ0v) is 13.8. The van der Waals surface area contributed by atoms with E-state index in [1.54, 1.807) is 49.6 Å². The van der Waals surface area contributed by atoms with Crippen molar-refractivity contribution < 1.29 is 14.3 Å². The first-order chi connectivity index (χ1) is 12.1. The lowest BCUT2D eigenvalue weighted by Crippen LogP contribution is -2.18. The Labute approximate surface area is 143 Å². The molecular formula is C18H17N3O4. The number of fused-ring (bicyclic) bond motifs is 1. The molecule has 7 heteroatoms. The molecule has 0 fully saturated rings. The molecule has 0 spiro atoms. The molecule has 25 heavy (non-hydrogen) atoms. The van der Waals surface area contributed by atoms with E-state index in [0.29, 0.717) is 33.7 Å². The number of carbonyl (C=O) groups is 1. The number of hydrogen-bond acceptors (Lipinski definition) is 5. The molecule has 1 heterocycles. The maximum atomic E-state index is 12.4. The smallest absolute Gasteiger partial charge is 0.272 e. The number of hydrogen-bond donors (Lipinski definition) is 2. The number of ether oxygens (including phenoxy) is 2. The number of anilines is 1. The summed E-state index contributed by atoms with van der Waals surface area (Å²) >= 11 is 0. The molecule has 0 aliphatic carbocycles. The minimum atomic E-state index is -0.281. The Bertz CT molecular complexity index is 981. The first-order valence-electron chi connectivity index (χ1n) is 7.60. The first-order valence-corrected chi connectivity index (χ1v) is 7.60. The Kier molecular flexibility index (Phi) is 4.65. The Morgan fingerprint density at radius 3 is 2.60 bits per heavy atom. The predicted octanol–water partition coefficient (Wildman–Crippen LogP) is 2.12. The maximum Gasteiger partial charge on any atom is 0.272 e. The molecule has 7 nitrogen and oxygen atoms in total. The highest BCUT2D eigenvalue weighted by molar-refractivity contribution is 5.96. The molecule has 0 aliphatic rings. The van der Waals surface area contributed by atoms with Crippen molar-refractivity contribution in [3.05, 3.63) is 58.5 Å². The summed E-state index contributed by atoms with van der Waals surface area (Å²) in [5.41, 5.74) is 0.749. The van der Waals surface area contributed by atoms with Crippen LogP contribution in [0.2, 0.25) is 0 Å². The monoisotopic (exact) mass is 339 g/mol. The number of methoxy groups -OCH3 is 2. The number of aromatic nitrogens is 2. The average molecular weight is 339 g/mol. The summed E-state index contributed by atoms with van der Waals surface area (Å²) in [6.45, 7) is 0. The van der Waals surface area contributed by atoms with Crippen molar-refractivity contribution in [2.24, 2.45) is 0 Å². The van der Waals surface area contributed by atoms with Crippen LogP contribution in [0, 0.1) is 0 Å². The van der Waals surface area contributed by atoms with E-state index in [9.17, 15) is 9.59 Å². The number of nitrogens with one attached hydrogen (secondary N) is 2. The fourth-order valence-electron chi connectivity index (χ4n) is 2.55. The van der Waals surface area contributed by atoms with Crippen LogP contribution in [-0.2, 0) is 11.2 Å². The van der Waals surface area contributed by atoms with Crippen molar-refractivity contribution in [2.75, 3.05) is 19.5 Å². The lowest BCUT2D eigenvalue weighted by molar-refractivity contribution is -0.115. The number of amides is 1. The molecule has 1 amide bonds. The van der Waals surface area contributed by atoms with E-state index in [2.05, 4.69) is 15.5 Å². The molecule has 3 aromatic rings. The molecule has 0 atom stereocenters. The molecule has 0 bridgehead atoms. The molecule has 3 rings (SSSR count). The van der Waals surface area contributed by atoms with E-state index in [1.165, 1.54) is 7.11 Å². The maximum absolute atomic E-state index is 12.4. The minimum Gasteiger partial charge on any atom is -0.497 e. The normalized spacial score (nSPS) is 10.5. The Balaban J connectivity index is 1.84. The third kappa shape index (κ3) is 3.45. The van der Waals surface area contributed by atoms with Gasteiger partial charge in [-0.05, 0) is 18.2 Å². The third-order valence-electron chi connectivity index (χ3n) is 3.79. The number of rotatable bonds is 5. The molecule has 0 radical (unpaired) electrons. The lowest BCUT2D eigenvalue weighted by atomic mass is 10.1. The summed E-state index contributed by atoms with van der Waals surface area (Å²) < 4.78 is 10.4. The van der Waals surface area contributed by atoms with E-state index in [4.69, 9.17) is 9.47 Å². The SMILES string of the molecule is COc1ccc(NC(=O)Cc2n[nH]c(=O)c3ccccc23)c(OC)c1. The van der Waals surface area contributed by atoms with Crippen molar-refractivity contribution >= 4 is 22.4 Å². The van der Waals surface area contributed by atoms with E-state index < -0.39 is 0 Å². The molecule has 0 saturated heterocycles. The Morgan fingerprint density at radius 2 is 1.88 bits per heavy atom. The predicted molar refractivity (Wildman–Crippen MR) is 94.2 cm³/mol. The summed E-state index contributed by atoms with van der Waals surface area (Å²) in [7, 11) is 3.07. The first kappa shape index (κ1) is 16.5. The topological polar surface area (TPSA) is 93.3 Å². The van der Waals surface area contributed by atoms with Crippen LogP contribution in [0.25, 0.3) is 10.8 Å². The molecule has 1 aromatic heterocycles. The van der Waals surface area contributed by atoms with Gasteiger partial charge < -0.3 is 14.8 Å². The van der Waals surface area contributed by atoms with E-state index in [0.717, 1.165) is 0 Å². The second-order valence-electron chi connectivity index (χ2n) is 5.34. The van der Waals surface area contributed by atoms with Crippen LogP contribution in [-0.4, -0.2) is 30.3 Å². The van der Waals surface area contributed by atoms with Crippen molar-refractivity contribution in [1.82, 2.24) is 10.2 Å². The highest BCUT2D eigenvalue weighted by atomic mass is 16.5. The van der Waals surface area contributed by atoms with Gasteiger partial charge in [-0.2, -0.15) is 5.10 Å². The minimum absolute atomic E-state index is 0.0203. The van der Waals surface area contributed by atoms with Crippen LogP contribution in [0.1, 0.15) is 5.69 Å². The molecule has 128 valence electrons. The molecule has 2 N–H and O–H groups in total. The van der Waals surface area contributed by atoms with Crippen LogP contribution in [0.4, 0.5) is 5.69 Å². The van der Waals surface area contributed by atoms with Gasteiger partial charge in [0.1, 0.15) is 11.5 Å². The van der Waals surface area contributed by atoms with Gasteiger partial charge in [0, 0.05) is 11.5 Å². The number of carbonyl (C=O) groups excluding carboxylic acids is 1. The third-order valence-corrected chi connectivity index (χ3v) is 3.79. The summed E-state index contributed by atoms with van der Waals surface area (Å²) in [5, 5.41) is 10.4. The molecular weight excluding hydrogens is 322 g/mol. The van der Waals surface area contributed by atoms with Gasteiger partial charge in [-0.1, -0.05) is 18.2 Å². The van der Waals surface area contributed by atoms with Gasteiger partial charge in [-0.3, -0.25) is 9.59 Å². The summed E-state index contributed by atoms with van der Waals surface area (Å²) in [6.07, 6.45) is 0.0203. The number of benzene rings is 2. The van der Waals surface area contributed by atoms with Gasteiger partial charge in [-0.25, -0.2) is 5.10 Å². The van der Waals surface area contributed by atoms with Gasteiger partial charge in [0.25, 0.3) is 5.56 Å². The summed E-state index contributed by atoms with van der Waals surface area (Å²) in [6, 6.07) is 12.2. The van der Waals surface area contributed by atoms with Gasteiger partial charge in [-0.15, -0.1) is 0 Å². The van der Waals surface area contributed by atoms with Crippen LogP contribution >= 0.6 is 0 Å². The van der Waals surface area contributed by atoms with Crippen LogP contribution in [0.15, 0.2) is 47.3 Å². The van der Waals surface area contributed by atoms with E-state index in [1.807, 2.05) is 0 Å². The van der Waals surface area contributed by atoms with Gasteiger partial charge in [0.15, 0.2) is 0 Å². The van der Waals surface area contributed by atoms with Crippen LogP contribution < -0.4 is 20.3 Å². The number of nitrogens with zero attached hydrogens (tertiary/aromatic N) is 1. The average Bonchev–Trinajstić information content (AvgIpc) is 2.64. The zero-order valence-electron chi connectivity index (χ0n) is 13.8. The van der Waals surface area contributed by atoms with Gasteiger partial charge in [0.05, 0.1) is 37.4 Å². The standard InChI is InChI=1S/C18H17N3O4/c1-24-11-7-8-14(16(9-11)25-2)19-17(22)10-15-12-5-3-4-6-13(12)18(23)21-20-15/h3-9H,10H2,1-2H3,(H,19,22)(H,21,23). The van der Waals surface area contributed by atoms with Crippen molar-refractivity contribution in [3.63, 3.8) is 0 Å². The highest BCUT2D eigenvalue weighted by Gasteiger charge is 2.13. The second kappa shape index (κ2) is 7.04. The lowest BCUT2D eigenvalue weighted by Gasteiger charge is -2.12. The Morgan fingerprint density at radius 1 is 1.12 bits per heavy atom. The molecule has 2 aromatic carbocycles. The highest BCUT2D eigenvalue weighted by Crippen LogP contribution is 2.29.